The molecule has 0 amide bonds. The molecule has 17 heavy (non-hydrogen) atoms. The average molecular weight is 250 g/mol. The fraction of sp³-hybridized carbons (Fsp3) is 0.500. The molecule has 0 aliphatic carbocycles. The number of carbonyl (C=O) groups is 1. The molecule has 0 radical (unpaired) electrons. The third kappa shape index (κ3) is 5.84. The Hall–Kier alpha value is -1.66. The van der Waals surface area contributed by atoms with E-state index >= 15 is 0 Å². The summed E-state index contributed by atoms with van der Waals surface area (Å²) in [5.74, 6) is -1.86. The van der Waals surface area contributed by atoms with Crippen LogP contribution in [0.1, 0.15) is 26.6 Å². The Morgan fingerprint density at radius 1 is 1.41 bits per heavy atom. The van der Waals surface area contributed by atoms with Gasteiger partial charge in [0.25, 0.3) is 0 Å². The minimum absolute atomic E-state index is 0.271. The van der Waals surface area contributed by atoms with Crippen LogP contribution >= 0.6 is 0 Å². The molecule has 0 fully saturated rings. The van der Waals surface area contributed by atoms with Crippen LogP contribution in [0.4, 0.5) is 13.2 Å². The molecule has 1 aromatic heterocycles. The summed E-state index contributed by atoms with van der Waals surface area (Å²) in [4.78, 5) is 16.7. The zero-order valence-electron chi connectivity index (χ0n) is 9.71. The molecule has 0 saturated carbocycles. The van der Waals surface area contributed by atoms with Gasteiger partial charge in [-0.2, -0.15) is 18.2 Å². The molecule has 7 heteroatoms. The molecular weight excluding hydrogens is 237 g/mol. The van der Waals surface area contributed by atoms with Crippen molar-refractivity contribution in [2.75, 3.05) is 6.61 Å². The number of aromatic nitrogens is 2. The van der Waals surface area contributed by atoms with Gasteiger partial charge in [0.05, 0.1) is 0 Å². The maximum Gasteiger partial charge on any atom is 0.451 e. The fourth-order valence-corrected chi connectivity index (χ4v) is 0.735. The van der Waals surface area contributed by atoms with E-state index in [9.17, 15) is 18.0 Å². The lowest BCUT2D eigenvalue weighted by atomic mass is 10.5. The van der Waals surface area contributed by atoms with Gasteiger partial charge < -0.3 is 4.74 Å². The van der Waals surface area contributed by atoms with Gasteiger partial charge in [0, 0.05) is 12.3 Å². The van der Waals surface area contributed by atoms with Crippen LogP contribution in [-0.4, -0.2) is 22.4 Å². The third-order valence-corrected chi connectivity index (χ3v) is 1.31. The highest BCUT2D eigenvalue weighted by Gasteiger charge is 2.34. The Morgan fingerprint density at radius 3 is 2.47 bits per heavy atom. The Morgan fingerprint density at radius 2 is 2.00 bits per heavy atom. The standard InChI is InChI=1S/C8H7F3N2O2.C2H6/c1-5(14)4-15-6-2-3-12-7(13-6)8(9,10)11;1-2/h2-3H,4H2,1H3;1-2H3. The summed E-state index contributed by atoms with van der Waals surface area (Å²) in [5.41, 5.74) is 0. The van der Waals surface area contributed by atoms with Crippen LogP contribution in [0, 0.1) is 0 Å². The summed E-state index contributed by atoms with van der Waals surface area (Å²) < 4.78 is 41.1. The van der Waals surface area contributed by atoms with Crippen molar-refractivity contribution in [3.8, 4) is 5.88 Å². The molecule has 0 spiro atoms. The van der Waals surface area contributed by atoms with Crippen molar-refractivity contribution < 1.29 is 22.7 Å². The molecule has 96 valence electrons. The lowest BCUT2D eigenvalue weighted by Gasteiger charge is -2.06. The lowest BCUT2D eigenvalue weighted by Crippen LogP contribution is -2.13. The molecule has 0 aliphatic heterocycles. The van der Waals surface area contributed by atoms with Crippen LogP contribution in [0.2, 0.25) is 0 Å². The molecule has 0 aliphatic rings. The number of ketones is 1. The predicted molar refractivity (Wildman–Crippen MR) is 54.6 cm³/mol. The SMILES string of the molecule is CC.CC(=O)COc1ccnc(C(F)(F)F)n1. The van der Waals surface area contributed by atoms with E-state index < -0.39 is 12.0 Å². The predicted octanol–water partition coefficient (Wildman–Crippen LogP) is 2.49. The number of Topliss-reactive ketones (excluding diaryl/α,β-unsaturated/α-hetero) is 1. The molecule has 1 rings (SSSR count). The summed E-state index contributed by atoms with van der Waals surface area (Å²) in [6, 6.07) is 1.15. The van der Waals surface area contributed by atoms with E-state index in [0.29, 0.717) is 0 Å². The number of nitrogens with zero attached hydrogens (tertiary/aromatic N) is 2. The van der Waals surface area contributed by atoms with Gasteiger partial charge in [-0.05, 0) is 6.92 Å². The summed E-state index contributed by atoms with van der Waals surface area (Å²) in [7, 11) is 0. The van der Waals surface area contributed by atoms with Crippen molar-refractivity contribution in [1.29, 1.82) is 0 Å². The van der Waals surface area contributed by atoms with Crippen molar-refractivity contribution >= 4 is 5.78 Å². The van der Waals surface area contributed by atoms with Gasteiger partial charge in [0.2, 0.25) is 11.7 Å². The molecule has 0 N–H and O–H groups in total. The number of carbonyl (C=O) groups excluding carboxylic acids is 1. The van der Waals surface area contributed by atoms with Crippen molar-refractivity contribution in [2.24, 2.45) is 0 Å². The number of rotatable bonds is 3. The summed E-state index contributed by atoms with van der Waals surface area (Å²) in [6.07, 6.45) is -3.69. The van der Waals surface area contributed by atoms with E-state index in [0.717, 1.165) is 12.3 Å². The molecule has 1 heterocycles. The monoisotopic (exact) mass is 250 g/mol. The minimum atomic E-state index is -4.62. The van der Waals surface area contributed by atoms with Crippen LogP contribution < -0.4 is 4.74 Å². The summed E-state index contributed by atoms with van der Waals surface area (Å²) in [6.45, 7) is 4.94. The van der Waals surface area contributed by atoms with Crippen LogP contribution in [0.15, 0.2) is 12.3 Å². The van der Waals surface area contributed by atoms with Crippen LogP contribution in [0.3, 0.4) is 0 Å². The van der Waals surface area contributed by atoms with E-state index in [1.54, 1.807) is 0 Å². The van der Waals surface area contributed by atoms with Gasteiger partial charge >= 0.3 is 6.18 Å². The fourth-order valence-electron chi connectivity index (χ4n) is 0.735. The first-order valence-corrected chi connectivity index (χ1v) is 4.92. The quantitative estimate of drug-likeness (QED) is 0.827. The average Bonchev–Trinajstić information content (AvgIpc) is 2.28. The van der Waals surface area contributed by atoms with Crippen molar-refractivity contribution in [3.63, 3.8) is 0 Å². The molecule has 0 atom stereocenters. The molecule has 0 bridgehead atoms. The smallest absolute Gasteiger partial charge is 0.451 e. The Labute approximate surface area is 96.8 Å². The molecule has 0 saturated heterocycles. The minimum Gasteiger partial charge on any atom is -0.470 e. The van der Waals surface area contributed by atoms with E-state index in [1.165, 1.54) is 6.92 Å². The topological polar surface area (TPSA) is 52.1 Å². The zero-order chi connectivity index (χ0) is 13.5. The summed E-state index contributed by atoms with van der Waals surface area (Å²) in [5, 5.41) is 0. The highest BCUT2D eigenvalue weighted by atomic mass is 19.4. The van der Waals surface area contributed by atoms with Gasteiger partial charge in [-0.1, -0.05) is 13.8 Å². The Kier molecular flexibility index (Phi) is 6.16. The van der Waals surface area contributed by atoms with Gasteiger partial charge in [-0.15, -0.1) is 0 Å². The first-order valence-electron chi connectivity index (χ1n) is 4.92. The van der Waals surface area contributed by atoms with E-state index in [2.05, 4.69) is 9.97 Å². The maximum absolute atomic E-state index is 12.1. The molecule has 0 aromatic carbocycles. The molecule has 0 unspecified atom stereocenters. The second kappa shape index (κ2) is 6.82. The Bertz CT molecular complexity index is 367. The lowest BCUT2D eigenvalue weighted by molar-refractivity contribution is -0.145. The first kappa shape index (κ1) is 15.3. The van der Waals surface area contributed by atoms with Gasteiger partial charge in [-0.3, -0.25) is 4.79 Å². The number of alkyl halides is 3. The van der Waals surface area contributed by atoms with Crippen LogP contribution in [0.25, 0.3) is 0 Å². The van der Waals surface area contributed by atoms with Crippen molar-refractivity contribution in [3.05, 3.63) is 18.1 Å². The number of hydrogen-bond acceptors (Lipinski definition) is 4. The van der Waals surface area contributed by atoms with Crippen LogP contribution in [0.5, 0.6) is 5.88 Å². The molecule has 1 aromatic rings. The van der Waals surface area contributed by atoms with Gasteiger partial charge in [0.1, 0.15) is 6.61 Å². The Balaban J connectivity index is 0.00000121. The first-order chi connectivity index (χ1) is 7.89. The second-order valence-electron chi connectivity index (χ2n) is 2.71. The van der Waals surface area contributed by atoms with Crippen molar-refractivity contribution in [2.45, 2.75) is 26.9 Å². The third-order valence-electron chi connectivity index (χ3n) is 1.31. The zero-order valence-corrected chi connectivity index (χ0v) is 9.71. The van der Waals surface area contributed by atoms with E-state index in [1.807, 2.05) is 13.8 Å². The maximum atomic E-state index is 12.1. The van der Waals surface area contributed by atoms with Gasteiger partial charge in [0.15, 0.2) is 5.78 Å². The number of ether oxygens (including phenoxy) is 1. The summed E-state index contributed by atoms with van der Waals surface area (Å²) >= 11 is 0. The largest absolute Gasteiger partial charge is 0.470 e. The van der Waals surface area contributed by atoms with E-state index in [4.69, 9.17) is 4.74 Å². The van der Waals surface area contributed by atoms with Gasteiger partial charge in [-0.25, -0.2) is 4.98 Å². The second-order valence-corrected chi connectivity index (χ2v) is 2.71. The highest BCUT2D eigenvalue weighted by molar-refractivity contribution is 5.76. The molecular formula is C10H13F3N2O2. The molecule has 4 nitrogen and oxygen atoms in total. The van der Waals surface area contributed by atoms with E-state index in [-0.39, 0.29) is 18.3 Å². The van der Waals surface area contributed by atoms with Crippen molar-refractivity contribution in [1.82, 2.24) is 9.97 Å². The number of halogens is 3. The normalized spacial score (nSPS) is 10.2. The van der Waals surface area contributed by atoms with Crippen LogP contribution in [-0.2, 0) is 11.0 Å². The number of hydrogen-bond donors (Lipinski definition) is 0. The highest BCUT2D eigenvalue weighted by Crippen LogP contribution is 2.26.